The summed E-state index contributed by atoms with van der Waals surface area (Å²) in [6.07, 6.45) is 1.61. The Hall–Kier alpha value is -1.75. The van der Waals surface area contributed by atoms with Gasteiger partial charge in [0.1, 0.15) is 12.4 Å². The summed E-state index contributed by atoms with van der Waals surface area (Å²) in [7, 11) is 0. The highest BCUT2D eigenvalue weighted by Crippen LogP contribution is 2.14. The normalized spacial score (nSPS) is 10.5. The average molecular weight is 207 g/mol. The highest BCUT2D eigenvalue weighted by atomic mass is 16.5. The molecule has 80 valence electrons. The van der Waals surface area contributed by atoms with E-state index in [0.717, 1.165) is 17.0 Å². The first kappa shape index (κ1) is 9.79. The number of hydrogen-bond acceptors (Lipinski definition) is 4. The van der Waals surface area contributed by atoms with Crippen LogP contribution in [0.25, 0.3) is 0 Å². The molecule has 2 aromatic heterocycles. The Balaban J connectivity index is 1.98. The average Bonchev–Trinajstić information content (AvgIpc) is 2.83. The second-order valence-electron chi connectivity index (χ2n) is 3.25. The summed E-state index contributed by atoms with van der Waals surface area (Å²) in [6, 6.07) is 3.68. The van der Waals surface area contributed by atoms with Gasteiger partial charge in [0.15, 0.2) is 0 Å². The Morgan fingerprint density at radius 1 is 1.60 bits per heavy atom. The molecule has 0 aliphatic rings. The van der Waals surface area contributed by atoms with Crippen LogP contribution in [-0.2, 0) is 13.2 Å². The lowest BCUT2D eigenvalue weighted by Gasteiger charge is -2.01. The van der Waals surface area contributed by atoms with Crippen LogP contribution in [0.1, 0.15) is 17.0 Å². The van der Waals surface area contributed by atoms with Crippen molar-refractivity contribution in [2.75, 3.05) is 0 Å². The molecule has 5 nitrogen and oxygen atoms in total. The van der Waals surface area contributed by atoms with Crippen LogP contribution in [0.15, 0.2) is 22.8 Å². The minimum Gasteiger partial charge on any atom is -0.472 e. The van der Waals surface area contributed by atoms with Gasteiger partial charge in [-0.3, -0.25) is 5.10 Å². The molecule has 0 atom stereocenters. The standard InChI is InChI=1S/C10H13N3O2/c1-7-4-10(13-12-7)15-6-8-2-3-14-9(8)5-11/h2-4H,5-6,11H2,1H3,(H,12,13). The summed E-state index contributed by atoms with van der Waals surface area (Å²) >= 11 is 0. The smallest absolute Gasteiger partial charge is 0.233 e. The Labute approximate surface area is 87.2 Å². The molecule has 0 saturated carbocycles. The summed E-state index contributed by atoms with van der Waals surface area (Å²) in [4.78, 5) is 0. The monoisotopic (exact) mass is 207 g/mol. The molecule has 2 rings (SSSR count). The molecule has 0 fully saturated rings. The number of aryl methyl sites for hydroxylation is 1. The van der Waals surface area contributed by atoms with Gasteiger partial charge >= 0.3 is 0 Å². The van der Waals surface area contributed by atoms with E-state index in [-0.39, 0.29) is 0 Å². The van der Waals surface area contributed by atoms with Crippen LogP contribution in [0.2, 0.25) is 0 Å². The van der Waals surface area contributed by atoms with Gasteiger partial charge in [-0.05, 0) is 13.0 Å². The van der Waals surface area contributed by atoms with E-state index in [1.807, 2.05) is 19.1 Å². The van der Waals surface area contributed by atoms with Gasteiger partial charge < -0.3 is 14.9 Å². The van der Waals surface area contributed by atoms with Crippen molar-refractivity contribution in [2.45, 2.75) is 20.1 Å². The lowest BCUT2D eigenvalue weighted by Crippen LogP contribution is -2.01. The molecule has 0 aliphatic carbocycles. The van der Waals surface area contributed by atoms with E-state index in [9.17, 15) is 0 Å². The molecule has 0 unspecified atom stereocenters. The molecule has 0 saturated heterocycles. The molecule has 2 aromatic rings. The van der Waals surface area contributed by atoms with Crippen molar-refractivity contribution in [3.63, 3.8) is 0 Å². The van der Waals surface area contributed by atoms with E-state index < -0.39 is 0 Å². The van der Waals surface area contributed by atoms with Crippen LogP contribution in [0.3, 0.4) is 0 Å². The number of nitrogens with two attached hydrogens (primary N) is 1. The van der Waals surface area contributed by atoms with Crippen LogP contribution in [-0.4, -0.2) is 10.2 Å². The van der Waals surface area contributed by atoms with Gasteiger partial charge in [0.25, 0.3) is 0 Å². The fraction of sp³-hybridized carbons (Fsp3) is 0.300. The van der Waals surface area contributed by atoms with E-state index in [0.29, 0.717) is 19.0 Å². The van der Waals surface area contributed by atoms with Crippen LogP contribution >= 0.6 is 0 Å². The molecular weight excluding hydrogens is 194 g/mol. The summed E-state index contributed by atoms with van der Waals surface area (Å²) < 4.78 is 10.6. The minimum absolute atomic E-state index is 0.380. The summed E-state index contributed by atoms with van der Waals surface area (Å²) in [5.41, 5.74) is 7.42. The zero-order valence-corrected chi connectivity index (χ0v) is 8.49. The highest BCUT2D eigenvalue weighted by Gasteiger charge is 2.06. The number of aromatic amines is 1. The third-order valence-corrected chi connectivity index (χ3v) is 2.08. The predicted molar refractivity (Wildman–Crippen MR) is 54.3 cm³/mol. The number of furan rings is 1. The van der Waals surface area contributed by atoms with Crippen molar-refractivity contribution in [2.24, 2.45) is 5.73 Å². The molecule has 3 N–H and O–H groups in total. The molecule has 2 heterocycles. The maximum atomic E-state index is 5.50. The van der Waals surface area contributed by atoms with Gasteiger partial charge in [-0.1, -0.05) is 0 Å². The fourth-order valence-corrected chi connectivity index (χ4v) is 1.29. The number of nitrogens with zero attached hydrogens (tertiary/aromatic N) is 1. The van der Waals surface area contributed by atoms with Gasteiger partial charge in [-0.15, -0.1) is 5.10 Å². The van der Waals surface area contributed by atoms with E-state index in [2.05, 4.69) is 10.2 Å². The lowest BCUT2D eigenvalue weighted by atomic mass is 10.2. The van der Waals surface area contributed by atoms with Crippen molar-refractivity contribution in [1.82, 2.24) is 10.2 Å². The summed E-state index contributed by atoms with van der Waals surface area (Å²) in [5.74, 6) is 1.33. The first-order valence-electron chi connectivity index (χ1n) is 4.69. The van der Waals surface area contributed by atoms with Crippen LogP contribution in [0, 0.1) is 6.92 Å². The number of nitrogens with one attached hydrogen (secondary N) is 1. The van der Waals surface area contributed by atoms with Crippen LogP contribution in [0.4, 0.5) is 0 Å². The largest absolute Gasteiger partial charge is 0.472 e. The molecule has 5 heteroatoms. The SMILES string of the molecule is Cc1cc(OCc2ccoc2CN)n[nH]1. The number of rotatable bonds is 4. The molecule has 0 aliphatic heterocycles. The lowest BCUT2D eigenvalue weighted by molar-refractivity contribution is 0.290. The molecular formula is C10H13N3O2. The number of H-pyrrole nitrogens is 1. The topological polar surface area (TPSA) is 77.1 Å². The Kier molecular flexibility index (Phi) is 2.73. The highest BCUT2D eigenvalue weighted by molar-refractivity contribution is 5.18. The summed E-state index contributed by atoms with van der Waals surface area (Å²) in [6.45, 7) is 2.72. The maximum Gasteiger partial charge on any atom is 0.233 e. The minimum atomic E-state index is 0.380. The molecule has 15 heavy (non-hydrogen) atoms. The fourth-order valence-electron chi connectivity index (χ4n) is 1.29. The van der Waals surface area contributed by atoms with Crippen molar-refractivity contribution in [3.8, 4) is 5.88 Å². The molecule has 0 bridgehead atoms. The van der Waals surface area contributed by atoms with E-state index >= 15 is 0 Å². The van der Waals surface area contributed by atoms with Gasteiger partial charge in [-0.2, -0.15) is 0 Å². The van der Waals surface area contributed by atoms with Crippen molar-refractivity contribution in [1.29, 1.82) is 0 Å². The molecule has 0 amide bonds. The van der Waals surface area contributed by atoms with E-state index in [1.165, 1.54) is 0 Å². The zero-order valence-electron chi connectivity index (χ0n) is 8.49. The summed E-state index contributed by atoms with van der Waals surface area (Å²) in [5, 5.41) is 6.77. The Morgan fingerprint density at radius 3 is 3.13 bits per heavy atom. The Morgan fingerprint density at radius 2 is 2.47 bits per heavy atom. The maximum absolute atomic E-state index is 5.50. The quantitative estimate of drug-likeness (QED) is 0.793. The van der Waals surface area contributed by atoms with Crippen molar-refractivity contribution >= 4 is 0 Å². The number of hydrogen-bond donors (Lipinski definition) is 2. The van der Waals surface area contributed by atoms with E-state index in [1.54, 1.807) is 6.26 Å². The molecule has 0 aromatic carbocycles. The molecule has 0 spiro atoms. The zero-order chi connectivity index (χ0) is 10.7. The third kappa shape index (κ3) is 2.19. The Bertz CT molecular complexity index is 433. The van der Waals surface area contributed by atoms with Gasteiger partial charge in [0, 0.05) is 17.3 Å². The van der Waals surface area contributed by atoms with Gasteiger partial charge in [0.2, 0.25) is 5.88 Å². The number of ether oxygens (including phenoxy) is 1. The second-order valence-corrected chi connectivity index (χ2v) is 3.25. The van der Waals surface area contributed by atoms with Crippen LogP contribution in [0.5, 0.6) is 5.88 Å². The van der Waals surface area contributed by atoms with Crippen LogP contribution < -0.4 is 10.5 Å². The number of aromatic nitrogens is 2. The van der Waals surface area contributed by atoms with Crippen molar-refractivity contribution in [3.05, 3.63) is 35.4 Å². The molecule has 0 radical (unpaired) electrons. The predicted octanol–water partition coefficient (Wildman–Crippen LogP) is 1.35. The first-order valence-corrected chi connectivity index (χ1v) is 4.69. The first-order chi connectivity index (χ1) is 7.29. The second kappa shape index (κ2) is 4.18. The third-order valence-electron chi connectivity index (χ3n) is 2.08. The van der Waals surface area contributed by atoms with Gasteiger partial charge in [-0.25, -0.2) is 0 Å². The van der Waals surface area contributed by atoms with Crippen molar-refractivity contribution < 1.29 is 9.15 Å². The van der Waals surface area contributed by atoms with Gasteiger partial charge in [0.05, 0.1) is 12.8 Å². The van der Waals surface area contributed by atoms with E-state index in [4.69, 9.17) is 14.9 Å².